The minimum absolute atomic E-state index is 0. The average Bonchev–Trinajstić information content (AvgIpc) is 2.60. The van der Waals surface area contributed by atoms with E-state index in [1.165, 1.54) is 5.56 Å². The number of nitrogens with one attached hydrogen (secondary N) is 2. The highest BCUT2D eigenvalue weighted by Gasteiger charge is 2.10. The van der Waals surface area contributed by atoms with Gasteiger partial charge in [-0.2, -0.15) is 0 Å². The van der Waals surface area contributed by atoms with E-state index in [4.69, 9.17) is 0 Å². The van der Waals surface area contributed by atoms with Crippen molar-refractivity contribution in [2.75, 3.05) is 26.0 Å². The zero-order valence-corrected chi connectivity index (χ0v) is 18.3. The van der Waals surface area contributed by atoms with E-state index in [-0.39, 0.29) is 35.8 Å². The van der Waals surface area contributed by atoms with Gasteiger partial charge in [0.15, 0.2) is 5.96 Å². The molecule has 1 unspecified atom stereocenters. The first-order valence-electron chi connectivity index (χ1n) is 8.40. The lowest BCUT2D eigenvalue weighted by Crippen LogP contribution is -2.38. The van der Waals surface area contributed by atoms with Gasteiger partial charge in [0, 0.05) is 33.4 Å². The van der Waals surface area contributed by atoms with Gasteiger partial charge in [-0.05, 0) is 48.7 Å². The van der Waals surface area contributed by atoms with E-state index in [2.05, 4.69) is 38.7 Å². The van der Waals surface area contributed by atoms with E-state index < -0.39 is 0 Å². The van der Waals surface area contributed by atoms with Gasteiger partial charge < -0.3 is 15.5 Å². The highest BCUT2D eigenvalue weighted by atomic mass is 127. The Hall–Kier alpha value is -1.83. The Morgan fingerprint density at radius 2 is 1.92 bits per heavy atom. The first kappa shape index (κ1) is 22.2. The number of rotatable bonds is 5. The maximum Gasteiger partial charge on any atom is 0.191 e. The predicted molar refractivity (Wildman–Crippen MR) is 119 cm³/mol. The maximum atomic E-state index is 13.8. The van der Waals surface area contributed by atoms with Crippen LogP contribution in [0.3, 0.4) is 0 Å². The predicted octanol–water partition coefficient (Wildman–Crippen LogP) is 4.24. The summed E-state index contributed by atoms with van der Waals surface area (Å²) in [6.07, 6.45) is 0. The Morgan fingerprint density at radius 3 is 2.54 bits per heavy atom. The molecule has 0 aromatic heterocycles. The molecule has 0 saturated heterocycles. The van der Waals surface area contributed by atoms with Gasteiger partial charge in [-0.1, -0.05) is 24.3 Å². The van der Waals surface area contributed by atoms with E-state index in [1.807, 2.05) is 33.2 Å². The fourth-order valence-electron chi connectivity index (χ4n) is 2.49. The zero-order valence-electron chi connectivity index (χ0n) is 16.0. The van der Waals surface area contributed by atoms with Crippen LogP contribution in [0.1, 0.15) is 29.7 Å². The number of hydrogen-bond acceptors (Lipinski definition) is 2. The number of nitrogens with zero attached hydrogens (tertiary/aromatic N) is 2. The molecule has 4 nitrogen and oxygen atoms in total. The number of anilines is 1. The van der Waals surface area contributed by atoms with Crippen LogP contribution in [0.15, 0.2) is 47.5 Å². The molecule has 26 heavy (non-hydrogen) atoms. The Bertz CT molecular complexity index is 746. The quantitative estimate of drug-likeness (QED) is 0.390. The van der Waals surface area contributed by atoms with Gasteiger partial charge in [-0.3, -0.25) is 4.99 Å². The third-order valence-electron chi connectivity index (χ3n) is 4.16. The molecule has 2 rings (SSSR count). The summed E-state index contributed by atoms with van der Waals surface area (Å²) in [7, 11) is 5.78. The molecule has 1 atom stereocenters. The summed E-state index contributed by atoms with van der Waals surface area (Å²) in [5.41, 5.74) is 3.87. The molecule has 0 aliphatic rings. The van der Waals surface area contributed by atoms with Crippen molar-refractivity contribution >= 4 is 35.6 Å². The molecular formula is C20H28FIN4. The molecule has 0 amide bonds. The van der Waals surface area contributed by atoms with Crippen molar-refractivity contribution in [3.05, 3.63) is 65.0 Å². The van der Waals surface area contributed by atoms with Crippen molar-refractivity contribution in [1.29, 1.82) is 0 Å². The van der Waals surface area contributed by atoms with Crippen LogP contribution in [-0.2, 0) is 6.54 Å². The summed E-state index contributed by atoms with van der Waals surface area (Å²) in [5.74, 6) is 0.498. The van der Waals surface area contributed by atoms with Gasteiger partial charge in [0.25, 0.3) is 0 Å². The van der Waals surface area contributed by atoms with Gasteiger partial charge >= 0.3 is 0 Å². The van der Waals surface area contributed by atoms with Crippen LogP contribution in [0.2, 0.25) is 0 Å². The normalized spacial score (nSPS) is 12.2. The number of guanidine groups is 1. The number of benzene rings is 2. The summed E-state index contributed by atoms with van der Waals surface area (Å²) in [6, 6.07) is 13.6. The Kier molecular flexibility index (Phi) is 8.84. The summed E-state index contributed by atoms with van der Waals surface area (Å²) in [5, 5.41) is 6.60. The Morgan fingerprint density at radius 1 is 1.19 bits per heavy atom. The lowest BCUT2D eigenvalue weighted by atomic mass is 10.1. The van der Waals surface area contributed by atoms with Crippen molar-refractivity contribution in [3.8, 4) is 0 Å². The van der Waals surface area contributed by atoms with E-state index in [9.17, 15) is 4.39 Å². The molecule has 0 heterocycles. The molecule has 0 bridgehead atoms. The molecule has 2 aromatic carbocycles. The first-order chi connectivity index (χ1) is 11.9. The van der Waals surface area contributed by atoms with Gasteiger partial charge in [-0.15, -0.1) is 24.0 Å². The molecule has 0 spiro atoms. The number of hydrogen-bond donors (Lipinski definition) is 2. The van der Waals surface area contributed by atoms with Crippen molar-refractivity contribution < 1.29 is 4.39 Å². The van der Waals surface area contributed by atoms with Crippen molar-refractivity contribution in [2.45, 2.75) is 26.4 Å². The van der Waals surface area contributed by atoms with Gasteiger partial charge in [0.1, 0.15) is 5.82 Å². The van der Waals surface area contributed by atoms with Crippen molar-refractivity contribution in [3.63, 3.8) is 0 Å². The van der Waals surface area contributed by atoms with Gasteiger partial charge in [-0.25, -0.2) is 4.39 Å². The van der Waals surface area contributed by atoms with Crippen LogP contribution >= 0.6 is 24.0 Å². The fraction of sp³-hybridized carbons (Fsp3) is 0.350. The van der Waals surface area contributed by atoms with Crippen LogP contribution in [0.25, 0.3) is 0 Å². The summed E-state index contributed by atoms with van der Waals surface area (Å²) in [6.45, 7) is 4.42. The largest absolute Gasteiger partial charge is 0.378 e. The number of aliphatic imine (C=N–C) groups is 1. The standard InChI is InChI=1S/C20H27FN4.HI/c1-14-9-10-17(12-19(14)21)15(2)24-20(22-3)23-13-16-7-6-8-18(11-16)25(4)5;/h6-12,15H,13H2,1-5H3,(H2,22,23,24);1H. The third-order valence-corrected chi connectivity index (χ3v) is 4.16. The molecule has 6 heteroatoms. The zero-order chi connectivity index (χ0) is 18.4. The molecule has 142 valence electrons. The second-order valence-corrected chi connectivity index (χ2v) is 6.36. The number of aryl methyl sites for hydroxylation is 1. The van der Waals surface area contributed by atoms with Crippen LogP contribution in [0.5, 0.6) is 0 Å². The van der Waals surface area contributed by atoms with Crippen LogP contribution < -0.4 is 15.5 Å². The molecule has 0 fully saturated rings. The highest BCUT2D eigenvalue weighted by molar-refractivity contribution is 14.0. The van der Waals surface area contributed by atoms with Crippen LogP contribution in [-0.4, -0.2) is 27.1 Å². The van der Waals surface area contributed by atoms with E-state index >= 15 is 0 Å². The average molecular weight is 470 g/mol. The van der Waals surface area contributed by atoms with Gasteiger partial charge in [0.05, 0.1) is 6.04 Å². The lowest BCUT2D eigenvalue weighted by molar-refractivity contribution is 0.607. The summed E-state index contributed by atoms with van der Waals surface area (Å²) < 4.78 is 13.8. The van der Waals surface area contributed by atoms with Crippen molar-refractivity contribution in [1.82, 2.24) is 10.6 Å². The summed E-state index contributed by atoms with van der Waals surface area (Å²) >= 11 is 0. The van der Waals surface area contributed by atoms with Crippen LogP contribution in [0.4, 0.5) is 10.1 Å². The van der Waals surface area contributed by atoms with Crippen molar-refractivity contribution in [2.24, 2.45) is 4.99 Å². The highest BCUT2D eigenvalue weighted by Crippen LogP contribution is 2.16. The SMILES string of the molecule is CN=C(NCc1cccc(N(C)C)c1)NC(C)c1ccc(C)c(F)c1.I. The minimum atomic E-state index is -0.186. The first-order valence-corrected chi connectivity index (χ1v) is 8.40. The van der Waals surface area contributed by atoms with Crippen LogP contribution in [0, 0.1) is 12.7 Å². The second-order valence-electron chi connectivity index (χ2n) is 6.36. The monoisotopic (exact) mass is 470 g/mol. The van der Waals surface area contributed by atoms with Gasteiger partial charge in [0.2, 0.25) is 0 Å². The molecule has 0 aliphatic heterocycles. The molecule has 2 aromatic rings. The smallest absolute Gasteiger partial charge is 0.191 e. The lowest BCUT2D eigenvalue weighted by Gasteiger charge is -2.19. The van der Waals surface area contributed by atoms with E-state index in [1.54, 1.807) is 26.1 Å². The molecular weight excluding hydrogens is 442 g/mol. The van der Waals surface area contributed by atoms with E-state index in [0.717, 1.165) is 11.3 Å². The molecule has 2 N–H and O–H groups in total. The number of halogens is 2. The molecule has 0 saturated carbocycles. The summed E-state index contributed by atoms with van der Waals surface area (Å²) in [4.78, 5) is 6.33. The fourth-order valence-corrected chi connectivity index (χ4v) is 2.49. The maximum absolute atomic E-state index is 13.8. The Labute approximate surface area is 172 Å². The molecule has 0 aliphatic carbocycles. The topological polar surface area (TPSA) is 39.7 Å². The minimum Gasteiger partial charge on any atom is -0.378 e. The third kappa shape index (κ3) is 6.16. The second kappa shape index (κ2) is 10.4. The van der Waals surface area contributed by atoms with E-state index in [0.29, 0.717) is 18.1 Å². The molecule has 0 radical (unpaired) electrons. The Balaban J connectivity index is 0.00000338.